The number of nitrogens with one attached hydrogen (secondary N) is 2. The van der Waals surface area contributed by atoms with Crippen LogP contribution < -0.4 is 41.4 Å². The fourth-order valence-electron chi connectivity index (χ4n) is 9.52. The summed E-state index contributed by atoms with van der Waals surface area (Å²) in [4.78, 5) is 39.3. The number of aromatic nitrogens is 2. The number of hydrogen-bond acceptors (Lipinski definition) is 11. The molecule has 4 heterocycles. The average molecular weight is 907 g/mol. The maximum atomic E-state index is 14.3. The van der Waals surface area contributed by atoms with Gasteiger partial charge in [-0.1, -0.05) is 18.6 Å². The Hall–Kier alpha value is -6.64. The number of likely N-dealkylation sites (tertiary alicyclic amines) is 1. The lowest BCUT2D eigenvalue weighted by atomic mass is 9.96. The van der Waals surface area contributed by atoms with Gasteiger partial charge in [-0.15, -0.1) is 0 Å². The van der Waals surface area contributed by atoms with Crippen LogP contribution in [0.4, 0.5) is 11.4 Å². The summed E-state index contributed by atoms with van der Waals surface area (Å²) in [6.07, 6.45) is 10.9. The number of nitrogens with two attached hydrogens (primary N) is 2. The Kier molecular flexibility index (Phi) is 14.3. The number of carbonyl (C=O) groups excluding carboxylic acids is 2. The number of amides is 2. The zero-order valence-corrected chi connectivity index (χ0v) is 40.0. The van der Waals surface area contributed by atoms with Crippen molar-refractivity contribution in [3.05, 3.63) is 130 Å². The van der Waals surface area contributed by atoms with E-state index >= 15 is 0 Å². The van der Waals surface area contributed by atoms with E-state index in [0.717, 1.165) is 101 Å². The fourth-order valence-corrected chi connectivity index (χ4v) is 9.52. The first kappa shape index (κ1) is 46.9. The first-order valence-electron chi connectivity index (χ1n) is 23.4. The first-order chi connectivity index (χ1) is 32.3. The molecule has 1 aromatic heterocycles. The molecular formula is C53H66N10O4. The monoisotopic (exact) mass is 907 g/mol. The summed E-state index contributed by atoms with van der Waals surface area (Å²) < 4.78 is 13.4. The molecule has 0 bridgehead atoms. The summed E-state index contributed by atoms with van der Waals surface area (Å²) in [7, 11) is 4.98. The standard InChI is InChI=1S/C53H66N10O4/c1-33-11-12-45(61-29-44(55)30-61)22-49(33)52(64)58-36(4)38-17-40(21-48(19-38)67-7)43-26-57-63(28-43)27-41-15-34(2)50(23-51(41)62-31-46(32-62)60-13-9-8-10-14-60)53(65)59-35(3)37-16-39(20-47(18-37)66-6)42(24-54)25-56-5/h11-12,15-26,28,35-36,44,46H,8-10,13-14,27,29-32,54-55H2,1-7H3,(H,58,64)(H,59,65)/t35-,36-/m1/s1. The van der Waals surface area contributed by atoms with E-state index in [2.05, 4.69) is 48.5 Å². The highest BCUT2D eigenvalue weighted by molar-refractivity contribution is 6.09. The number of benzene rings is 4. The van der Waals surface area contributed by atoms with E-state index in [1.165, 1.54) is 25.5 Å². The molecule has 67 heavy (non-hydrogen) atoms. The quantitative estimate of drug-likeness (QED) is 0.0755. The molecule has 3 aliphatic rings. The molecule has 352 valence electrons. The molecule has 2 atom stereocenters. The number of nitrogens with zero attached hydrogens (tertiary/aromatic N) is 6. The predicted molar refractivity (Wildman–Crippen MR) is 269 cm³/mol. The predicted octanol–water partition coefficient (Wildman–Crippen LogP) is 7.04. The van der Waals surface area contributed by atoms with Gasteiger partial charge in [-0.2, -0.15) is 5.10 Å². The van der Waals surface area contributed by atoms with Crippen LogP contribution in [0.1, 0.15) is 99.3 Å². The minimum Gasteiger partial charge on any atom is -0.497 e. The maximum absolute atomic E-state index is 14.3. The fraction of sp³-hybridized carbons (Fsp3) is 0.396. The molecule has 14 nitrogen and oxygen atoms in total. The van der Waals surface area contributed by atoms with Crippen molar-refractivity contribution in [1.82, 2.24) is 25.3 Å². The highest BCUT2D eigenvalue weighted by Crippen LogP contribution is 2.35. The Morgan fingerprint density at radius 3 is 2.10 bits per heavy atom. The molecule has 6 N–H and O–H groups in total. The molecule has 4 aromatic carbocycles. The molecule has 2 amide bonds. The lowest BCUT2D eigenvalue weighted by molar-refractivity contribution is 0.0930. The van der Waals surface area contributed by atoms with Crippen LogP contribution in [0.15, 0.2) is 90.3 Å². The zero-order valence-electron chi connectivity index (χ0n) is 40.0. The number of carbonyl (C=O) groups is 2. The number of hydrogen-bond donors (Lipinski definition) is 4. The van der Waals surface area contributed by atoms with Crippen LogP contribution in [0.3, 0.4) is 0 Å². The molecule has 0 spiro atoms. The minimum atomic E-state index is -0.329. The Morgan fingerprint density at radius 1 is 0.806 bits per heavy atom. The van der Waals surface area contributed by atoms with E-state index in [1.807, 2.05) is 93.3 Å². The Bertz CT molecular complexity index is 2660. The molecule has 0 radical (unpaired) electrons. The number of rotatable bonds is 16. The third-order valence-electron chi connectivity index (χ3n) is 13.6. The van der Waals surface area contributed by atoms with Gasteiger partial charge in [-0.3, -0.25) is 24.2 Å². The normalized spacial score (nSPS) is 16.9. The Balaban J connectivity index is 1.03. The van der Waals surface area contributed by atoms with Crippen molar-refractivity contribution in [2.45, 2.75) is 77.7 Å². The summed E-state index contributed by atoms with van der Waals surface area (Å²) in [5, 5.41) is 11.4. The van der Waals surface area contributed by atoms with Gasteiger partial charge in [0.15, 0.2) is 0 Å². The van der Waals surface area contributed by atoms with Gasteiger partial charge < -0.3 is 41.4 Å². The summed E-state index contributed by atoms with van der Waals surface area (Å²) in [6.45, 7) is 14.1. The molecule has 3 fully saturated rings. The van der Waals surface area contributed by atoms with Crippen LogP contribution in [0.25, 0.3) is 16.7 Å². The summed E-state index contributed by atoms with van der Waals surface area (Å²) in [6, 6.07) is 22.1. The van der Waals surface area contributed by atoms with E-state index in [0.29, 0.717) is 35.2 Å². The smallest absolute Gasteiger partial charge is 0.252 e. The minimum absolute atomic E-state index is 0.134. The van der Waals surface area contributed by atoms with Gasteiger partial charge in [0.1, 0.15) is 11.5 Å². The van der Waals surface area contributed by atoms with E-state index in [1.54, 1.807) is 27.5 Å². The number of methoxy groups -OCH3 is 2. The summed E-state index contributed by atoms with van der Waals surface area (Å²) >= 11 is 0. The van der Waals surface area contributed by atoms with Crippen LogP contribution in [0.2, 0.25) is 0 Å². The largest absolute Gasteiger partial charge is 0.497 e. The number of ether oxygens (including phenoxy) is 2. The molecule has 8 rings (SSSR count). The van der Waals surface area contributed by atoms with Crippen LogP contribution in [0, 0.1) is 13.8 Å². The van der Waals surface area contributed by atoms with Gasteiger partial charge in [0.05, 0.1) is 39.0 Å². The van der Waals surface area contributed by atoms with Gasteiger partial charge in [0.25, 0.3) is 11.8 Å². The SMILES string of the molecule is CN=CC(=CN)c1cc(OC)cc([C@@H](C)NC(=O)c2cc(N3CC(N4CCCCC4)C3)c(Cn3cc(-c4cc(OC)cc([C@@H](C)NC(=O)c5cc(N6CC(N)C6)ccc5C)c4)cn3)cc2C)c1. The molecule has 5 aromatic rings. The van der Waals surface area contributed by atoms with Gasteiger partial charge in [-0.25, -0.2) is 0 Å². The summed E-state index contributed by atoms with van der Waals surface area (Å²) in [5.41, 5.74) is 23.4. The molecule has 3 saturated heterocycles. The molecular weight excluding hydrogens is 841 g/mol. The van der Waals surface area contributed by atoms with Crippen LogP contribution >= 0.6 is 0 Å². The number of anilines is 2. The number of allylic oxidation sites excluding steroid dienone is 1. The van der Waals surface area contributed by atoms with Crippen molar-refractivity contribution in [2.24, 2.45) is 16.5 Å². The number of piperidine rings is 1. The third kappa shape index (κ3) is 10.5. The zero-order chi connectivity index (χ0) is 47.4. The van der Waals surface area contributed by atoms with Gasteiger partial charge in [0, 0.05) is 97.6 Å². The second kappa shape index (κ2) is 20.5. The van der Waals surface area contributed by atoms with E-state index in [9.17, 15) is 9.59 Å². The van der Waals surface area contributed by atoms with Gasteiger partial charge in [-0.05, 0) is 147 Å². The number of aliphatic imine (C=N–C) groups is 1. The summed E-state index contributed by atoms with van der Waals surface area (Å²) in [5.74, 6) is 1.06. The van der Waals surface area contributed by atoms with Crippen LogP contribution in [-0.4, -0.2) is 105 Å². The van der Waals surface area contributed by atoms with E-state index in [-0.39, 0.29) is 29.9 Å². The van der Waals surface area contributed by atoms with Crippen molar-refractivity contribution in [3.63, 3.8) is 0 Å². The lowest BCUT2D eigenvalue weighted by Gasteiger charge is -2.48. The van der Waals surface area contributed by atoms with Crippen LogP contribution in [-0.2, 0) is 6.54 Å². The highest BCUT2D eigenvalue weighted by atomic mass is 16.5. The molecule has 0 unspecified atom stereocenters. The second-order valence-electron chi connectivity index (χ2n) is 18.4. The Labute approximate surface area is 395 Å². The Morgan fingerprint density at radius 2 is 1.46 bits per heavy atom. The highest BCUT2D eigenvalue weighted by Gasteiger charge is 2.34. The molecule has 0 saturated carbocycles. The average Bonchev–Trinajstić information content (AvgIpc) is 3.78. The van der Waals surface area contributed by atoms with Crippen molar-refractivity contribution in [2.75, 3.05) is 70.3 Å². The molecule has 0 aliphatic carbocycles. The van der Waals surface area contributed by atoms with Gasteiger partial charge in [0.2, 0.25) is 0 Å². The topological polar surface area (TPSA) is 169 Å². The second-order valence-corrected chi connectivity index (χ2v) is 18.4. The van der Waals surface area contributed by atoms with Crippen molar-refractivity contribution >= 4 is 35.0 Å². The van der Waals surface area contributed by atoms with E-state index < -0.39 is 0 Å². The first-order valence-corrected chi connectivity index (χ1v) is 23.4. The van der Waals surface area contributed by atoms with Crippen molar-refractivity contribution < 1.29 is 19.1 Å². The van der Waals surface area contributed by atoms with Crippen molar-refractivity contribution in [1.29, 1.82) is 0 Å². The third-order valence-corrected chi connectivity index (χ3v) is 13.6. The van der Waals surface area contributed by atoms with Gasteiger partial charge >= 0.3 is 0 Å². The number of aryl methyl sites for hydroxylation is 2. The van der Waals surface area contributed by atoms with Crippen LogP contribution in [0.5, 0.6) is 11.5 Å². The molecule has 14 heteroatoms. The maximum Gasteiger partial charge on any atom is 0.252 e. The lowest BCUT2D eigenvalue weighted by Crippen LogP contribution is -2.60. The molecule has 3 aliphatic heterocycles. The van der Waals surface area contributed by atoms with Crippen molar-refractivity contribution in [3.8, 4) is 22.6 Å². The van der Waals surface area contributed by atoms with E-state index in [4.69, 9.17) is 26.0 Å².